The first-order valence-electron chi connectivity index (χ1n) is 13.5. The Balaban J connectivity index is 2.02. The summed E-state index contributed by atoms with van der Waals surface area (Å²) in [4.78, 5) is 71.7. The number of methoxy groups -OCH3 is 1. The second-order valence-electron chi connectivity index (χ2n) is 9.62. The fourth-order valence-electron chi connectivity index (χ4n) is 4.30. The van der Waals surface area contributed by atoms with Crippen molar-refractivity contribution < 1.29 is 66.7 Å². The summed E-state index contributed by atoms with van der Waals surface area (Å²) in [6.45, 7) is 5.71. The maximum Gasteiger partial charge on any atom is 0.339 e. The van der Waals surface area contributed by atoms with E-state index in [1.807, 2.05) is 0 Å². The van der Waals surface area contributed by atoms with E-state index in [0.29, 0.717) is 11.3 Å². The zero-order valence-corrected chi connectivity index (χ0v) is 25.3. The summed E-state index contributed by atoms with van der Waals surface area (Å²) in [6, 6.07) is 11.1. The van der Waals surface area contributed by atoms with Crippen LogP contribution in [0.1, 0.15) is 45.7 Å². The van der Waals surface area contributed by atoms with Crippen molar-refractivity contribution in [2.75, 3.05) is 7.11 Å². The van der Waals surface area contributed by atoms with Crippen LogP contribution in [-0.2, 0) is 52.5 Å². The molecule has 0 aromatic heterocycles. The van der Waals surface area contributed by atoms with Gasteiger partial charge in [0.1, 0.15) is 17.2 Å². The monoisotopic (exact) mass is 628 g/mol. The summed E-state index contributed by atoms with van der Waals surface area (Å²) in [5.74, 6) is -4.12. The zero-order valence-electron chi connectivity index (χ0n) is 25.3. The van der Waals surface area contributed by atoms with E-state index in [9.17, 15) is 28.8 Å². The first kappa shape index (κ1) is 34.3. The standard InChI is InChI=1S/C31H32O14/c1-16(32)39-23-11-9-21(10-12-23)7-8-22-13-24(40-17(2)33)15-25(14-22)44-31-29(43-20(5)36)27(42-19(4)35)26(41-18(3)34)28(45-31)30(37)38-6/h7-15,26-29,31H,1-6H3/b8-7+/t26-,27-,28?,29-,31+/m0/s1. The van der Waals surface area contributed by atoms with Gasteiger partial charge in [-0.25, -0.2) is 4.79 Å². The number of hydrogen-bond donors (Lipinski definition) is 0. The van der Waals surface area contributed by atoms with Crippen molar-refractivity contribution in [1.82, 2.24) is 0 Å². The third-order valence-electron chi connectivity index (χ3n) is 5.86. The van der Waals surface area contributed by atoms with Crippen molar-refractivity contribution in [3.63, 3.8) is 0 Å². The largest absolute Gasteiger partial charge is 0.467 e. The molecule has 2 aromatic rings. The van der Waals surface area contributed by atoms with Crippen LogP contribution in [-0.4, -0.2) is 73.6 Å². The average Bonchev–Trinajstić information content (AvgIpc) is 2.93. The predicted octanol–water partition coefficient (Wildman–Crippen LogP) is 2.78. The highest BCUT2D eigenvalue weighted by atomic mass is 16.7. The molecule has 0 N–H and O–H groups in total. The minimum Gasteiger partial charge on any atom is -0.467 e. The molecule has 1 saturated heterocycles. The van der Waals surface area contributed by atoms with Crippen LogP contribution < -0.4 is 14.2 Å². The topological polar surface area (TPSA) is 176 Å². The summed E-state index contributed by atoms with van der Waals surface area (Å²) in [5, 5.41) is 0. The molecule has 1 heterocycles. The fraction of sp³-hybridized carbons (Fsp3) is 0.355. The summed E-state index contributed by atoms with van der Waals surface area (Å²) in [7, 11) is 1.07. The number of rotatable bonds is 10. The van der Waals surface area contributed by atoms with Crippen LogP contribution in [0.25, 0.3) is 12.2 Å². The quantitative estimate of drug-likeness (QED) is 0.162. The smallest absolute Gasteiger partial charge is 0.339 e. The summed E-state index contributed by atoms with van der Waals surface area (Å²) < 4.78 is 42.9. The Hall–Kier alpha value is -5.24. The second kappa shape index (κ2) is 15.5. The highest BCUT2D eigenvalue weighted by molar-refractivity contribution is 5.77. The molecular formula is C31H32O14. The van der Waals surface area contributed by atoms with Gasteiger partial charge < -0.3 is 37.9 Å². The van der Waals surface area contributed by atoms with Gasteiger partial charge in [0.05, 0.1) is 7.11 Å². The Morgan fingerprint density at radius 3 is 1.67 bits per heavy atom. The average molecular weight is 629 g/mol. The van der Waals surface area contributed by atoms with E-state index in [4.69, 9.17) is 37.9 Å². The highest BCUT2D eigenvalue weighted by Gasteiger charge is 2.55. The fourth-order valence-corrected chi connectivity index (χ4v) is 4.30. The Morgan fingerprint density at radius 2 is 1.11 bits per heavy atom. The molecule has 1 aliphatic heterocycles. The van der Waals surface area contributed by atoms with Crippen LogP contribution in [0.15, 0.2) is 42.5 Å². The first-order chi connectivity index (χ1) is 21.2. The van der Waals surface area contributed by atoms with Gasteiger partial charge in [0.2, 0.25) is 12.4 Å². The molecule has 3 rings (SSSR count). The van der Waals surface area contributed by atoms with E-state index in [2.05, 4.69) is 0 Å². The van der Waals surface area contributed by atoms with Crippen LogP contribution in [0.4, 0.5) is 0 Å². The minimum atomic E-state index is -1.66. The molecule has 0 saturated carbocycles. The van der Waals surface area contributed by atoms with Crippen molar-refractivity contribution in [2.24, 2.45) is 0 Å². The van der Waals surface area contributed by atoms with E-state index in [-0.39, 0.29) is 11.5 Å². The normalized spacial score (nSPS) is 20.8. The Bertz CT molecular complexity index is 1460. The van der Waals surface area contributed by atoms with Crippen molar-refractivity contribution in [2.45, 2.75) is 65.3 Å². The molecule has 1 aliphatic rings. The molecule has 5 atom stereocenters. The molecule has 1 fully saturated rings. The van der Waals surface area contributed by atoms with Gasteiger partial charge in [-0.3, -0.25) is 24.0 Å². The molecule has 14 heteroatoms. The number of carbonyl (C=O) groups excluding carboxylic acids is 6. The number of ether oxygens (including phenoxy) is 8. The third-order valence-corrected chi connectivity index (χ3v) is 5.86. The summed E-state index contributed by atoms with van der Waals surface area (Å²) in [5.41, 5.74) is 1.21. The van der Waals surface area contributed by atoms with Crippen molar-refractivity contribution >= 4 is 48.0 Å². The van der Waals surface area contributed by atoms with Crippen LogP contribution >= 0.6 is 0 Å². The molecular weight excluding hydrogens is 596 g/mol. The first-order valence-corrected chi connectivity index (χ1v) is 13.5. The van der Waals surface area contributed by atoms with Crippen molar-refractivity contribution in [1.29, 1.82) is 0 Å². The van der Waals surface area contributed by atoms with E-state index < -0.39 is 66.5 Å². The Morgan fingerprint density at radius 1 is 0.600 bits per heavy atom. The molecule has 14 nitrogen and oxygen atoms in total. The van der Waals surface area contributed by atoms with Gasteiger partial charge in [0.25, 0.3) is 0 Å². The molecule has 2 aromatic carbocycles. The maximum absolute atomic E-state index is 12.7. The number of hydrogen-bond acceptors (Lipinski definition) is 14. The molecule has 0 amide bonds. The summed E-state index contributed by atoms with van der Waals surface area (Å²) in [6.07, 6.45) is -4.55. The van der Waals surface area contributed by atoms with Gasteiger partial charge in [-0.15, -0.1) is 0 Å². The van der Waals surface area contributed by atoms with Gasteiger partial charge in [-0.05, 0) is 35.4 Å². The lowest BCUT2D eigenvalue weighted by molar-refractivity contribution is -0.282. The molecule has 1 unspecified atom stereocenters. The van der Waals surface area contributed by atoms with Crippen LogP contribution in [0, 0.1) is 0 Å². The lowest BCUT2D eigenvalue weighted by Gasteiger charge is -2.43. The maximum atomic E-state index is 12.7. The minimum absolute atomic E-state index is 0.0249. The third kappa shape index (κ3) is 10.2. The zero-order chi connectivity index (χ0) is 33.3. The lowest BCUT2D eigenvalue weighted by atomic mass is 9.97. The van der Waals surface area contributed by atoms with Gasteiger partial charge in [0.15, 0.2) is 18.3 Å². The highest BCUT2D eigenvalue weighted by Crippen LogP contribution is 2.33. The van der Waals surface area contributed by atoms with E-state index in [1.54, 1.807) is 42.5 Å². The molecule has 240 valence electrons. The second-order valence-corrected chi connectivity index (χ2v) is 9.62. The Labute approximate surface area is 258 Å². The van der Waals surface area contributed by atoms with Gasteiger partial charge >= 0.3 is 35.8 Å². The lowest BCUT2D eigenvalue weighted by Crippen LogP contribution is -2.64. The van der Waals surface area contributed by atoms with E-state index >= 15 is 0 Å². The molecule has 0 bridgehead atoms. The van der Waals surface area contributed by atoms with Crippen molar-refractivity contribution in [3.05, 3.63) is 53.6 Å². The van der Waals surface area contributed by atoms with Gasteiger partial charge in [-0.2, -0.15) is 0 Å². The molecule has 0 aliphatic carbocycles. The van der Waals surface area contributed by atoms with Gasteiger partial charge in [-0.1, -0.05) is 24.3 Å². The Kier molecular flexibility index (Phi) is 11.8. The molecule has 45 heavy (non-hydrogen) atoms. The predicted molar refractivity (Wildman–Crippen MR) is 152 cm³/mol. The van der Waals surface area contributed by atoms with Crippen LogP contribution in [0.3, 0.4) is 0 Å². The summed E-state index contributed by atoms with van der Waals surface area (Å²) >= 11 is 0. The van der Waals surface area contributed by atoms with Crippen LogP contribution in [0.5, 0.6) is 17.2 Å². The van der Waals surface area contributed by atoms with Crippen molar-refractivity contribution in [3.8, 4) is 17.2 Å². The molecule has 0 radical (unpaired) electrons. The van der Waals surface area contributed by atoms with E-state index in [0.717, 1.165) is 33.4 Å². The van der Waals surface area contributed by atoms with E-state index in [1.165, 1.54) is 26.0 Å². The molecule has 0 spiro atoms. The SMILES string of the molecule is COC(=O)C1O[C@@H](Oc2cc(/C=C/c3ccc(OC(C)=O)cc3)cc(OC(C)=O)c2)[C@@H](OC(C)=O)[C@@H](OC(C)=O)[C@@H]1OC(C)=O. The number of esters is 6. The number of benzene rings is 2. The number of carbonyl (C=O) groups is 6. The van der Waals surface area contributed by atoms with Crippen LogP contribution in [0.2, 0.25) is 0 Å². The van der Waals surface area contributed by atoms with Gasteiger partial charge in [0, 0.05) is 40.7 Å².